The van der Waals surface area contributed by atoms with Gasteiger partial charge < -0.3 is 4.74 Å². The number of carbonyl (C=O) groups is 1. The Labute approximate surface area is 121 Å². The van der Waals surface area contributed by atoms with Crippen LogP contribution < -0.4 is 0 Å². The molecule has 20 heavy (non-hydrogen) atoms. The van der Waals surface area contributed by atoms with Gasteiger partial charge in [-0.3, -0.25) is 9.69 Å². The normalized spacial score (nSPS) is 19.8. The second-order valence-corrected chi connectivity index (χ2v) is 5.74. The lowest BCUT2D eigenvalue weighted by Crippen LogP contribution is -2.36. The zero-order chi connectivity index (χ0) is 14.4. The summed E-state index contributed by atoms with van der Waals surface area (Å²) in [4.78, 5) is 14.0. The average molecular weight is 275 g/mol. The van der Waals surface area contributed by atoms with Crippen molar-refractivity contribution in [2.75, 3.05) is 19.7 Å². The molecule has 1 fully saturated rings. The van der Waals surface area contributed by atoms with E-state index < -0.39 is 0 Å². The van der Waals surface area contributed by atoms with Gasteiger partial charge >= 0.3 is 5.97 Å². The Hall–Kier alpha value is -1.35. The predicted octanol–water partition coefficient (Wildman–Crippen LogP) is 3.16. The lowest BCUT2D eigenvalue weighted by atomic mass is 9.94. The SMILES string of the molecule is CCOC(=O)CC1CCCN(Cc2ccc(C)cc2)C1. The molecule has 1 saturated heterocycles. The zero-order valence-electron chi connectivity index (χ0n) is 12.6. The number of nitrogens with zero attached hydrogens (tertiary/aromatic N) is 1. The van der Waals surface area contributed by atoms with Gasteiger partial charge in [0.25, 0.3) is 0 Å². The molecule has 0 bridgehead atoms. The van der Waals surface area contributed by atoms with Crippen LogP contribution in [0.4, 0.5) is 0 Å². The van der Waals surface area contributed by atoms with E-state index in [1.54, 1.807) is 0 Å². The number of likely N-dealkylation sites (tertiary alicyclic amines) is 1. The third-order valence-electron chi connectivity index (χ3n) is 3.89. The molecule has 0 amide bonds. The fourth-order valence-electron chi connectivity index (χ4n) is 2.87. The van der Waals surface area contributed by atoms with Crippen molar-refractivity contribution in [2.24, 2.45) is 5.92 Å². The van der Waals surface area contributed by atoms with Crippen molar-refractivity contribution in [1.82, 2.24) is 4.90 Å². The molecule has 1 heterocycles. The smallest absolute Gasteiger partial charge is 0.306 e. The first kappa shape index (κ1) is 15.0. The first-order chi connectivity index (χ1) is 9.67. The fraction of sp³-hybridized carbons (Fsp3) is 0.588. The Morgan fingerprint density at radius 1 is 1.35 bits per heavy atom. The van der Waals surface area contributed by atoms with Crippen LogP contribution in [0.5, 0.6) is 0 Å². The number of hydrogen-bond acceptors (Lipinski definition) is 3. The van der Waals surface area contributed by atoms with E-state index in [0.29, 0.717) is 18.9 Å². The standard InChI is InChI=1S/C17H25NO2/c1-3-20-17(19)11-16-5-4-10-18(13-16)12-15-8-6-14(2)7-9-15/h6-9,16H,3-5,10-13H2,1-2H3. The maximum atomic E-state index is 11.6. The molecule has 0 spiro atoms. The molecule has 1 aromatic carbocycles. The Morgan fingerprint density at radius 2 is 2.10 bits per heavy atom. The number of piperidine rings is 1. The van der Waals surface area contributed by atoms with Gasteiger partial charge in [0, 0.05) is 19.5 Å². The fourth-order valence-corrected chi connectivity index (χ4v) is 2.87. The monoisotopic (exact) mass is 275 g/mol. The molecular formula is C17H25NO2. The summed E-state index contributed by atoms with van der Waals surface area (Å²) in [5.74, 6) is 0.405. The van der Waals surface area contributed by atoms with E-state index in [2.05, 4.69) is 36.1 Å². The Morgan fingerprint density at radius 3 is 2.80 bits per heavy atom. The van der Waals surface area contributed by atoms with Crippen LogP contribution in [0, 0.1) is 12.8 Å². The van der Waals surface area contributed by atoms with Crippen LogP contribution in [0.1, 0.15) is 37.3 Å². The van der Waals surface area contributed by atoms with Crippen molar-refractivity contribution < 1.29 is 9.53 Å². The molecular weight excluding hydrogens is 250 g/mol. The summed E-state index contributed by atoms with van der Waals surface area (Å²) in [5.41, 5.74) is 2.65. The summed E-state index contributed by atoms with van der Waals surface area (Å²) in [6.07, 6.45) is 2.89. The minimum Gasteiger partial charge on any atom is -0.466 e. The van der Waals surface area contributed by atoms with Gasteiger partial charge in [-0.05, 0) is 44.7 Å². The quantitative estimate of drug-likeness (QED) is 0.773. The molecule has 0 radical (unpaired) electrons. The van der Waals surface area contributed by atoms with Gasteiger partial charge in [0.05, 0.1) is 6.61 Å². The minimum absolute atomic E-state index is 0.0466. The van der Waals surface area contributed by atoms with E-state index >= 15 is 0 Å². The maximum Gasteiger partial charge on any atom is 0.306 e. The van der Waals surface area contributed by atoms with Gasteiger partial charge in [-0.25, -0.2) is 0 Å². The number of aryl methyl sites for hydroxylation is 1. The van der Waals surface area contributed by atoms with Crippen LogP contribution in [0.2, 0.25) is 0 Å². The second kappa shape index (κ2) is 7.44. The molecule has 1 unspecified atom stereocenters. The summed E-state index contributed by atoms with van der Waals surface area (Å²) in [7, 11) is 0. The van der Waals surface area contributed by atoms with Crippen LogP contribution in [0.25, 0.3) is 0 Å². The molecule has 3 heteroatoms. The van der Waals surface area contributed by atoms with Crippen LogP contribution in [-0.2, 0) is 16.1 Å². The van der Waals surface area contributed by atoms with Crippen molar-refractivity contribution in [3.63, 3.8) is 0 Å². The van der Waals surface area contributed by atoms with Gasteiger partial charge in [0.1, 0.15) is 0 Å². The van der Waals surface area contributed by atoms with Gasteiger partial charge in [-0.2, -0.15) is 0 Å². The van der Waals surface area contributed by atoms with Gasteiger partial charge in [-0.1, -0.05) is 29.8 Å². The van der Waals surface area contributed by atoms with Crippen LogP contribution in [-0.4, -0.2) is 30.6 Å². The Balaban J connectivity index is 1.83. The van der Waals surface area contributed by atoms with E-state index in [-0.39, 0.29) is 5.97 Å². The molecule has 0 saturated carbocycles. The van der Waals surface area contributed by atoms with Gasteiger partial charge in [0.15, 0.2) is 0 Å². The van der Waals surface area contributed by atoms with Crippen molar-refractivity contribution in [2.45, 2.75) is 39.7 Å². The van der Waals surface area contributed by atoms with Crippen LogP contribution >= 0.6 is 0 Å². The Bertz CT molecular complexity index is 427. The number of rotatable bonds is 5. The molecule has 0 N–H and O–H groups in total. The third kappa shape index (κ3) is 4.64. The molecule has 1 atom stereocenters. The summed E-state index contributed by atoms with van der Waals surface area (Å²) in [6.45, 7) is 7.58. The van der Waals surface area contributed by atoms with Crippen LogP contribution in [0.3, 0.4) is 0 Å². The van der Waals surface area contributed by atoms with Gasteiger partial charge in [-0.15, -0.1) is 0 Å². The maximum absolute atomic E-state index is 11.6. The highest BCUT2D eigenvalue weighted by Gasteiger charge is 2.22. The van der Waals surface area contributed by atoms with Gasteiger partial charge in [0.2, 0.25) is 0 Å². The molecule has 1 aliphatic rings. The van der Waals surface area contributed by atoms with E-state index in [0.717, 1.165) is 26.1 Å². The molecule has 1 aromatic rings. The van der Waals surface area contributed by atoms with Crippen molar-refractivity contribution >= 4 is 5.97 Å². The first-order valence-corrected chi connectivity index (χ1v) is 7.61. The summed E-state index contributed by atoms with van der Waals surface area (Å²) < 4.78 is 5.05. The highest BCUT2D eigenvalue weighted by Crippen LogP contribution is 2.21. The number of hydrogen-bond donors (Lipinski definition) is 0. The predicted molar refractivity (Wildman–Crippen MR) is 80.4 cm³/mol. The molecule has 0 aliphatic carbocycles. The zero-order valence-corrected chi connectivity index (χ0v) is 12.6. The second-order valence-electron chi connectivity index (χ2n) is 5.74. The topological polar surface area (TPSA) is 29.5 Å². The van der Waals surface area contributed by atoms with Crippen molar-refractivity contribution in [3.05, 3.63) is 35.4 Å². The van der Waals surface area contributed by atoms with E-state index in [9.17, 15) is 4.79 Å². The van der Waals surface area contributed by atoms with Crippen molar-refractivity contribution in [3.8, 4) is 0 Å². The van der Waals surface area contributed by atoms with E-state index in [1.807, 2.05) is 6.92 Å². The summed E-state index contributed by atoms with van der Waals surface area (Å²) in [6, 6.07) is 8.72. The largest absolute Gasteiger partial charge is 0.466 e. The van der Waals surface area contributed by atoms with Crippen molar-refractivity contribution in [1.29, 1.82) is 0 Å². The molecule has 0 aromatic heterocycles. The molecule has 110 valence electrons. The number of carbonyl (C=O) groups excluding carboxylic acids is 1. The molecule has 3 nitrogen and oxygen atoms in total. The molecule has 1 aliphatic heterocycles. The molecule has 2 rings (SSSR count). The summed E-state index contributed by atoms with van der Waals surface area (Å²) in [5, 5.41) is 0. The number of ether oxygens (including phenoxy) is 1. The third-order valence-corrected chi connectivity index (χ3v) is 3.89. The average Bonchev–Trinajstić information content (AvgIpc) is 2.42. The summed E-state index contributed by atoms with van der Waals surface area (Å²) >= 11 is 0. The van der Waals surface area contributed by atoms with E-state index in [4.69, 9.17) is 4.74 Å². The lowest BCUT2D eigenvalue weighted by Gasteiger charge is -2.32. The highest BCUT2D eigenvalue weighted by atomic mass is 16.5. The van der Waals surface area contributed by atoms with Crippen LogP contribution in [0.15, 0.2) is 24.3 Å². The lowest BCUT2D eigenvalue weighted by molar-refractivity contribution is -0.144. The minimum atomic E-state index is -0.0466. The van der Waals surface area contributed by atoms with E-state index in [1.165, 1.54) is 17.5 Å². The Kier molecular flexibility index (Phi) is 5.60. The number of benzene rings is 1. The first-order valence-electron chi connectivity index (χ1n) is 7.61. The number of esters is 1. The highest BCUT2D eigenvalue weighted by molar-refractivity contribution is 5.69.